The Morgan fingerprint density at radius 1 is 1.25 bits per heavy atom. The first-order valence-corrected chi connectivity index (χ1v) is 9.56. The van der Waals surface area contributed by atoms with Gasteiger partial charge in [0, 0.05) is 38.1 Å². The molecule has 0 aromatic rings. The van der Waals surface area contributed by atoms with E-state index in [-0.39, 0.29) is 11.8 Å². The summed E-state index contributed by atoms with van der Waals surface area (Å²) in [5, 5.41) is 6.88. The van der Waals surface area contributed by atoms with Crippen molar-refractivity contribution >= 4 is 11.9 Å². The van der Waals surface area contributed by atoms with Gasteiger partial charge >= 0.3 is 0 Å². The number of nitrogens with one attached hydrogen (secondary N) is 2. The molecule has 1 saturated heterocycles. The fraction of sp³-hybridized carbons (Fsp3) is 0.895. The number of hydrogen-bond donors (Lipinski definition) is 2. The van der Waals surface area contributed by atoms with Crippen LogP contribution in [0.5, 0.6) is 0 Å². The van der Waals surface area contributed by atoms with Crippen molar-refractivity contribution in [3.8, 4) is 0 Å². The van der Waals surface area contributed by atoms with Crippen molar-refractivity contribution in [3.63, 3.8) is 0 Å². The third-order valence-corrected chi connectivity index (χ3v) is 4.34. The Labute approximate surface area is 148 Å². The van der Waals surface area contributed by atoms with Crippen LogP contribution in [0.3, 0.4) is 0 Å². The van der Waals surface area contributed by atoms with E-state index >= 15 is 0 Å². The Morgan fingerprint density at radius 2 is 1.88 bits per heavy atom. The highest BCUT2D eigenvalue weighted by molar-refractivity contribution is 5.80. The number of carbonyl (C=O) groups is 1. The van der Waals surface area contributed by atoms with Gasteiger partial charge in [0.15, 0.2) is 5.96 Å². The fourth-order valence-electron chi connectivity index (χ4n) is 2.92. The molecule has 0 saturated carbocycles. The maximum absolute atomic E-state index is 12.1. The molecule has 0 unspecified atom stereocenters. The van der Waals surface area contributed by atoms with Gasteiger partial charge in [-0.3, -0.25) is 9.79 Å². The van der Waals surface area contributed by atoms with Gasteiger partial charge in [-0.1, -0.05) is 34.6 Å². The van der Waals surface area contributed by atoms with E-state index in [4.69, 9.17) is 4.99 Å². The summed E-state index contributed by atoms with van der Waals surface area (Å²) < 4.78 is 0. The van der Waals surface area contributed by atoms with Crippen LogP contribution < -0.4 is 10.6 Å². The van der Waals surface area contributed by atoms with Crippen LogP contribution in [-0.2, 0) is 4.79 Å². The van der Waals surface area contributed by atoms with Crippen LogP contribution in [0.4, 0.5) is 0 Å². The Balaban J connectivity index is 2.42. The normalized spacial score (nSPS) is 17.3. The summed E-state index contributed by atoms with van der Waals surface area (Å²) >= 11 is 0. The van der Waals surface area contributed by atoms with Gasteiger partial charge in [-0.25, -0.2) is 0 Å². The van der Waals surface area contributed by atoms with E-state index in [1.54, 1.807) is 0 Å². The quantitative estimate of drug-likeness (QED) is 0.445. The summed E-state index contributed by atoms with van der Waals surface area (Å²) in [6.07, 6.45) is 4.28. The minimum absolute atomic E-state index is 0.0937. The summed E-state index contributed by atoms with van der Waals surface area (Å²) in [6, 6.07) is 0.404. The van der Waals surface area contributed by atoms with E-state index in [0.717, 1.165) is 51.4 Å². The number of hydrogen-bond acceptors (Lipinski definition) is 2. The zero-order chi connectivity index (χ0) is 18.2. The van der Waals surface area contributed by atoms with Crippen LogP contribution in [0.25, 0.3) is 0 Å². The minimum Gasteiger partial charge on any atom is -0.357 e. The number of guanidine groups is 1. The number of nitrogens with zero attached hydrogens (tertiary/aromatic N) is 2. The molecule has 1 heterocycles. The number of carbonyl (C=O) groups excluding carboxylic acids is 1. The van der Waals surface area contributed by atoms with E-state index in [1.165, 1.54) is 6.42 Å². The molecule has 1 amide bonds. The van der Waals surface area contributed by atoms with Gasteiger partial charge in [0.25, 0.3) is 0 Å². The van der Waals surface area contributed by atoms with Gasteiger partial charge in [0.2, 0.25) is 5.91 Å². The second-order valence-electron chi connectivity index (χ2n) is 8.32. The predicted octanol–water partition coefficient (Wildman–Crippen LogP) is 3.01. The molecule has 0 aliphatic carbocycles. The van der Waals surface area contributed by atoms with Crippen molar-refractivity contribution in [2.75, 3.05) is 26.2 Å². The molecule has 0 aromatic heterocycles. The highest BCUT2D eigenvalue weighted by Crippen LogP contribution is 2.20. The van der Waals surface area contributed by atoms with E-state index in [9.17, 15) is 4.79 Å². The van der Waals surface area contributed by atoms with Crippen LogP contribution in [0.15, 0.2) is 4.99 Å². The van der Waals surface area contributed by atoms with Crippen molar-refractivity contribution in [2.24, 2.45) is 16.3 Å². The predicted molar refractivity (Wildman–Crippen MR) is 102 cm³/mol. The summed E-state index contributed by atoms with van der Waals surface area (Å²) in [6.45, 7) is 16.3. The second-order valence-corrected chi connectivity index (χ2v) is 8.32. The smallest absolute Gasteiger partial charge is 0.225 e. The first-order valence-electron chi connectivity index (χ1n) is 9.56. The standard InChI is InChI=1S/C19H38N4O/c1-7-20-18(21-12-8-11-19(4,5)6)22-16-9-13-23(14-10-16)17(24)15(2)3/h15-16H,7-14H2,1-6H3,(H2,20,21,22). The van der Waals surface area contributed by atoms with Crippen LogP contribution in [0.2, 0.25) is 0 Å². The lowest BCUT2D eigenvalue weighted by atomic mass is 9.91. The summed E-state index contributed by atoms with van der Waals surface area (Å²) in [5.74, 6) is 1.28. The SMILES string of the molecule is CCNC(=NCCCC(C)(C)C)NC1CCN(C(=O)C(C)C)CC1. The Morgan fingerprint density at radius 3 is 2.38 bits per heavy atom. The fourth-order valence-corrected chi connectivity index (χ4v) is 2.92. The Kier molecular flexibility index (Phi) is 8.57. The average Bonchev–Trinajstić information content (AvgIpc) is 2.50. The van der Waals surface area contributed by atoms with Crippen LogP contribution >= 0.6 is 0 Å². The Hall–Kier alpha value is -1.26. The second kappa shape index (κ2) is 9.90. The molecule has 1 aliphatic heterocycles. The van der Waals surface area contributed by atoms with Gasteiger partial charge in [-0.2, -0.15) is 0 Å². The molecule has 5 nitrogen and oxygen atoms in total. The van der Waals surface area contributed by atoms with E-state index in [1.807, 2.05) is 18.7 Å². The molecule has 1 aliphatic rings. The van der Waals surface area contributed by atoms with Crippen molar-refractivity contribution in [2.45, 2.75) is 73.3 Å². The van der Waals surface area contributed by atoms with Gasteiger partial charge in [-0.15, -0.1) is 0 Å². The van der Waals surface area contributed by atoms with Crippen molar-refractivity contribution in [1.82, 2.24) is 15.5 Å². The zero-order valence-corrected chi connectivity index (χ0v) is 16.6. The van der Waals surface area contributed by atoms with E-state index < -0.39 is 0 Å². The number of piperidine rings is 1. The molecule has 2 N–H and O–H groups in total. The molecule has 0 atom stereocenters. The van der Waals surface area contributed by atoms with Gasteiger partial charge in [-0.05, 0) is 38.0 Å². The highest BCUT2D eigenvalue weighted by Gasteiger charge is 2.24. The molecular formula is C19H38N4O. The maximum Gasteiger partial charge on any atom is 0.225 e. The number of amides is 1. The Bertz CT molecular complexity index is 404. The van der Waals surface area contributed by atoms with Gasteiger partial charge in [0.05, 0.1) is 0 Å². The monoisotopic (exact) mass is 338 g/mol. The third kappa shape index (κ3) is 8.02. The average molecular weight is 339 g/mol. The van der Waals surface area contributed by atoms with Crippen LogP contribution in [-0.4, -0.2) is 49.0 Å². The summed E-state index contributed by atoms with van der Waals surface area (Å²) in [5.41, 5.74) is 0.372. The number of likely N-dealkylation sites (tertiary alicyclic amines) is 1. The summed E-state index contributed by atoms with van der Waals surface area (Å²) in [4.78, 5) is 18.8. The summed E-state index contributed by atoms with van der Waals surface area (Å²) in [7, 11) is 0. The van der Waals surface area contributed by atoms with Crippen LogP contribution in [0, 0.1) is 11.3 Å². The minimum atomic E-state index is 0.0937. The molecule has 1 rings (SSSR count). The molecule has 0 spiro atoms. The topological polar surface area (TPSA) is 56.7 Å². The maximum atomic E-state index is 12.1. The molecule has 5 heteroatoms. The lowest BCUT2D eigenvalue weighted by molar-refractivity contribution is -0.135. The van der Waals surface area contributed by atoms with Crippen molar-refractivity contribution in [1.29, 1.82) is 0 Å². The molecule has 0 aromatic carbocycles. The zero-order valence-electron chi connectivity index (χ0n) is 16.6. The van der Waals surface area contributed by atoms with Crippen molar-refractivity contribution < 1.29 is 4.79 Å². The third-order valence-electron chi connectivity index (χ3n) is 4.34. The lowest BCUT2D eigenvalue weighted by Crippen LogP contribution is -2.50. The number of aliphatic imine (C=N–C) groups is 1. The van der Waals surface area contributed by atoms with Gasteiger partial charge < -0.3 is 15.5 Å². The van der Waals surface area contributed by atoms with Gasteiger partial charge in [0.1, 0.15) is 0 Å². The van der Waals surface area contributed by atoms with Crippen LogP contribution in [0.1, 0.15) is 67.2 Å². The largest absolute Gasteiger partial charge is 0.357 e. The molecule has 140 valence electrons. The molecule has 1 fully saturated rings. The first-order chi connectivity index (χ1) is 11.2. The molecule has 0 bridgehead atoms. The van der Waals surface area contributed by atoms with E-state index in [2.05, 4.69) is 38.3 Å². The highest BCUT2D eigenvalue weighted by atomic mass is 16.2. The van der Waals surface area contributed by atoms with E-state index in [0.29, 0.717) is 11.5 Å². The number of rotatable bonds is 6. The first kappa shape index (κ1) is 20.8. The van der Waals surface area contributed by atoms with Crippen molar-refractivity contribution in [3.05, 3.63) is 0 Å². The molecule has 0 radical (unpaired) electrons. The molecule has 24 heavy (non-hydrogen) atoms. The lowest BCUT2D eigenvalue weighted by Gasteiger charge is -2.34. The molecular weight excluding hydrogens is 300 g/mol.